The number of rotatable bonds is 3. The molecule has 19 heavy (non-hydrogen) atoms. The zero-order valence-electron chi connectivity index (χ0n) is 12.6. The summed E-state index contributed by atoms with van der Waals surface area (Å²) >= 11 is 0. The Balaban J connectivity index is 2.15. The van der Waals surface area contributed by atoms with Gasteiger partial charge in [-0.2, -0.15) is 0 Å². The zero-order chi connectivity index (χ0) is 14.0. The van der Waals surface area contributed by atoms with E-state index in [4.69, 9.17) is 9.47 Å². The van der Waals surface area contributed by atoms with Crippen molar-refractivity contribution in [2.24, 2.45) is 0 Å². The van der Waals surface area contributed by atoms with Gasteiger partial charge in [0, 0.05) is 17.3 Å². The number of hydrogen-bond acceptors (Lipinski definition) is 3. The first kappa shape index (κ1) is 14.2. The Morgan fingerprint density at radius 2 is 1.79 bits per heavy atom. The number of anilines is 1. The molecular formula is C16H25NO2. The van der Waals surface area contributed by atoms with E-state index in [9.17, 15) is 0 Å². The lowest BCUT2D eigenvalue weighted by atomic mass is 9.98. The molecule has 106 valence electrons. The minimum atomic E-state index is 0.328. The first-order chi connectivity index (χ1) is 9.01. The van der Waals surface area contributed by atoms with E-state index in [1.54, 1.807) is 7.11 Å². The molecule has 0 bridgehead atoms. The summed E-state index contributed by atoms with van der Waals surface area (Å²) in [4.78, 5) is 0. The molecule has 2 unspecified atom stereocenters. The molecule has 1 aromatic carbocycles. The van der Waals surface area contributed by atoms with Gasteiger partial charge in [0.25, 0.3) is 0 Å². The van der Waals surface area contributed by atoms with Crippen LogP contribution < -0.4 is 10.1 Å². The molecule has 0 aromatic heterocycles. The molecule has 1 fully saturated rings. The van der Waals surface area contributed by atoms with Gasteiger partial charge in [0.05, 0.1) is 19.3 Å². The highest BCUT2D eigenvalue weighted by Crippen LogP contribution is 2.31. The molecule has 2 atom stereocenters. The highest BCUT2D eigenvalue weighted by atomic mass is 16.5. The smallest absolute Gasteiger partial charge is 0.126 e. The van der Waals surface area contributed by atoms with Crippen LogP contribution in [0.15, 0.2) is 12.1 Å². The monoisotopic (exact) mass is 263 g/mol. The fourth-order valence-corrected chi connectivity index (χ4v) is 3.04. The van der Waals surface area contributed by atoms with Crippen LogP contribution in [0.3, 0.4) is 0 Å². The molecule has 1 aliphatic heterocycles. The van der Waals surface area contributed by atoms with Gasteiger partial charge in [-0.1, -0.05) is 6.07 Å². The average Bonchev–Trinajstić information content (AvgIpc) is 2.32. The molecule has 3 nitrogen and oxygen atoms in total. The number of methoxy groups -OCH3 is 1. The molecule has 2 rings (SSSR count). The van der Waals surface area contributed by atoms with Gasteiger partial charge in [0.2, 0.25) is 0 Å². The van der Waals surface area contributed by atoms with Gasteiger partial charge < -0.3 is 14.8 Å². The molecule has 1 saturated heterocycles. The Labute approximate surface area is 116 Å². The van der Waals surface area contributed by atoms with Crippen molar-refractivity contribution >= 4 is 5.69 Å². The normalized spacial score (nSPS) is 27.1. The predicted molar refractivity (Wildman–Crippen MR) is 79.1 cm³/mol. The van der Waals surface area contributed by atoms with Crippen molar-refractivity contribution in [2.75, 3.05) is 12.4 Å². The second-order valence-electron chi connectivity index (χ2n) is 5.66. The molecule has 1 heterocycles. The van der Waals surface area contributed by atoms with Gasteiger partial charge in [-0.15, -0.1) is 0 Å². The quantitative estimate of drug-likeness (QED) is 0.902. The Hall–Kier alpha value is -1.22. The Kier molecular flexibility index (Phi) is 4.35. The van der Waals surface area contributed by atoms with Crippen molar-refractivity contribution in [2.45, 2.75) is 58.8 Å². The summed E-state index contributed by atoms with van der Waals surface area (Å²) in [6, 6.07) is 4.74. The van der Waals surface area contributed by atoms with Gasteiger partial charge in [0.15, 0.2) is 0 Å². The van der Waals surface area contributed by atoms with Gasteiger partial charge in [-0.25, -0.2) is 0 Å². The minimum absolute atomic E-state index is 0.328. The van der Waals surface area contributed by atoms with Crippen LogP contribution in [-0.4, -0.2) is 25.4 Å². The highest BCUT2D eigenvalue weighted by Gasteiger charge is 2.24. The first-order valence-corrected chi connectivity index (χ1v) is 7.07. The van der Waals surface area contributed by atoms with Crippen LogP contribution in [0.25, 0.3) is 0 Å². The summed E-state index contributed by atoms with van der Waals surface area (Å²) in [5, 5.41) is 3.65. The van der Waals surface area contributed by atoms with Gasteiger partial charge in [0.1, 0.15) is 5.75 Å². The van der Waals surface area contributed by atoms with E-state index >= 15 is 0 Å². The van der Waals surface area contributed by atoms with Crippen LogP contribution >= 0.6 is 0 Å². The molecule has 0 spiro atoms. The summed E-state index contributed by atoms with van der Waals surface area (Å²) in [5.74, 6) is 0.984. The Bertz CT molecular complexity index is 435. The van der Waals surface area contributed by atoms with Crippen molar-refractivity contribution in [3.63, 3.8) is 0 Å². The van der Waals surface area contributed by atoms with Gasteiger partial charge >= 0.3 is 0 Å². The number of benzene rings is 1. The molecule has 0 amide bonds. The maximum absolute atomic E-state index is 5.78. The summed E-state index contributed by atoms with van der Waals surface area (Å²) in [5.41, 5.74) is 3.54. The van der Waals surface area contributed by atoms with Crippen LogP contribution in [0.4, 0.5) is 5.69 Å². The third-order valence-electron chi connectivity index (χ3n) is 3.86. The molecule has 1 N–H and O–H groups in total. The van der Waals surface area contributed by atoms with Crippen molar-refractivity contribution in [1.29, 1.82) is 0 Å². The topological polar surface area (TPSA) is 30.5 Å². The lowest BCUT2D eigenvalue weighted by Crippen LogP contribution is -2.37. The van der Waals surface area contributed by atoms with E-state index in [2.05, 4.69) is 45.1 Å². The summed E-state index contributed by atoms with van der Waals surface area (Å²) in [6.45, 7) is 8.48. The van der Waals surface area contributed by atoms with E-state index in [0.29, 0.717) is 18.2 Å². The van der Waals surface area contributed by atoms with Crippen LogP contribution in [0.5, 0.6) is 5.75 Å². The van der Waals surface area contributed by atoms with E-state index in [-0.39, 0.29) is 0 Å². The lowest BCUT2D eigenvalue weighted by Gasteiger charge is -2.33. The van der Waals surface area contributed by atoms with Crippen LogP contribution in [0, 0.1) is 13.8 Å². The lowest BCUT2D eigenvalue weighted by molar-refractivity contribution is -0.0337. The summed E-state index contributed by atoms with van der Waals surface area (Å²) < 4.78 is 11.3. The summed E-state index contributed by atoms with van der Waals surface area (Å²) in [6.07, 6.45) is 2.77. The second kappa shape index (κ2) is 5.83. The molecule has 0 radical (unpaired) electrons. The standard InChI is InChI=1S/C16H25NO2/c1-10-6-7-15(13(4)16(10)18-5)17-14-8-11(2)19-12(3)9-14/h6-7,11-12,14,17H,8-9H2,1-5H3. The van der Waals surface area contributed by atoms with E-state index in [1.165, 1.54) is 16.8 Å². The van der Waals surface area contributed by atoms with Crippen molar-refractivity contribution in [1.82, 2.24) is 0 Å². The number of ether oxygens (including phenoxy) is 2. The molecule has 1 aliphatic rings. The zero-order valence-corrected chi connectivity index (χ0v) is 12.6. The molecule has 3 heteroatoms. The van der Waals surface area contributed by atoms with Crippen LogP contribution in [-0.2, 0) is 4.74 Å². The van der Waals surface area contributed by atoms with Crippen molar-refractivity contribution in [3.05, 3.63) is 23.3 Å². The predicted octanol–water partition coefficient (Wildman–Crippen LogP) is 3.68. The number of hydrogen-bond donors (Lipinski definition) is 1. The van der Waals surface area contributed by atoms with Crippen LogP contribution in [0.1, 0.15) is 37.8 Å². The summed E-state index contributed by atoms with van der Waals surface area (Å²) in [7, 11) is 1.73. The minimum Gasteiger partial charge on any atom is -0.496 e. The highest BCUT2D eigenvalue weighted by molar-refractivity contribution is 5.60. The molecule has 0 saturated carbocycles. The maximum atomic E-state index is 5.78. The fraction of sp³-hybridized carbons (Fsp3) is 0.625. The maximum Gasteiger partial charge on any atom is 0.126 e. The van der Waals surface area contributed by atoms with Crippen molar-refractivity contribution < 1.29 is 9.47 Å². The van der Waals surface area contributed by atoms with Crippen molar-refractivity contribution in [3.8, 4) is 5.75 Å². The molecular weight excluding hydrogens is 238 g/mol. The third kappa shape index (κ3) is 3.21. The first-order valence-electron chi connectivity index (χ1n) is 7.07. The third-order valence-corrected chi connectivity index (χ3v) is 3.86. The Morgan fingerprint density at radius 1 is 1.16 bits per heavy atom. The SMILES string of the molecule is COc1c(C)ccc(NC2CC(C)OC(C)C2)c1C. The number of aryl methyl sites for hydroxylation is 1. The number of nitrogens with one attached hydrogen (secondary N) is 1. The van der Waals surface area contributed by atoms with Gasteiger partial charge in [-0.05, 0) is 52.2 Å². The van der Waals surface area contributed by atoms with E-state index in [1.807, 2.05) is 0 Å². The second-order valence-corrected chi connectivity index (χ2v) is 5.66. The van der Waals surface area contributed by atoms with Gasteiger partial charge in [-0.3, -0.25) is 0 Å². The van der Waals surface area contributed by atoms with E-state index < -0.39 is 0 Å². The molecule has 0 aliphatic carbocycles. The van der Waals surface area contributed by atoms with Crippen LogP contribution in [0.2, 0.25) is 0 Å². The Morgan fingerprint density at radius 3 is 2.37 bits per heavy atom. The average molecular weight is 263 g/mol. The van der Waals surface area contributed by atoms with E-state index in [0.717, 1.165) is 18.6 Å². The largest absolute Gasteiger partial charge is 0.496 e. The fourth-order valence-electron chi connectivity index (χ4n) is 3.04. The molecule has 1 aromatic rings.